The van der Waals surface area contributed by atoms with Gasteiger partial charge in [-0.25, -0.2) is 8.78 Å². The van der Waals surface area contributed by atoms with Crippen LogP contribution >= 0.6 is 11.8 Å². The van der Waals surface area contributed by atoms with Gasteiger partial charge in [0.2, 0.25) is 5.91 Å². The second-order valence-electron chi connectivity index (χ2n) is 7.93. The molecule has 9 heteroatoms. The molecule has 6 nitrogen and oxygen atoms in total. The van der Waals surface area contributed by atoms with E-state index in [9.17, 15) is 18.4 Å². The van der Waals surface area contributed by atoms with Crippen molar-refractivity contribution >= 4 is 34.5 Å². The van der Waals surface area contributed by atoms with Crippen LogP contribution < -0.4 is 0 Å². The largest absolute Gasteiger partial charge is 0.360 e. The zero-order valence-corrected chi connectivity index (χ0v) is 17.7. The third-order valence-electron chi connectivity index (χ3n) is 6.07. The van der Waals surface area contributed by atoms with Crippen LogP contribution in [0.2, 0.25) is 0 Å². The number of hydrogen-bond donors (Lipinski definition) is 1. The maximum atomic E-state index is 13.2. The molecule has 0 unspecified atom stereocenters. The quantitative estimate of drug-likeness (QED) is 0.783. The van der Waals surface area contributed by atoms with E-state index in [1.54, 1.807) is 39.7 Å². The number of carbonyl (C=O) groups is 2. The fraction of sp³-hybridized carbons (Fsp3) is 0.524. The zero-order chi connectivity index (χ0) is 21.3. The third-order valence-corrected chi connectivity index (χ3v) is 7.09. The van der Waals surface area contributed by atoms with E-state index in [0.717, 1.165) is 10.9 Å². The lowest BCUT2D eigenvalue weighted by Gasteiger charge is -2.38. The molecule has 1 atom stereocenters. The fourth-order valence-electron chi connectivity index (χ4n) is 4.36. The van der Waals surface area contributed by atoms with Gasteiger partial charge in [-0.15, -0.1) is 11.8 Å². The van der Waals surface area contributed by atoms with Gasteiger partial charge in [-0.2, -0.15) is 0 Å². The molecule has 162 valence electrons. The van der Waals surface area contributed by atoms with Gasteiger partial charge in [0.05, 0.1) is 18.0 Å². The van der Waals surface area contributed by atoms with Crippen molar-refractivity contribution in [2.75, 3.05) is 38.3 Å². The van der Waals surface area contributed by atoms with E-state index in [-0.39, 0.29) is 24.4 Å². The maximum absolute atomic E-state index is 13.2. The van der Waals surface area contributed by atoms with Crippen molar-refractivity contribution < 1.29 is 18.4 Å². The first-order valence-electron chi connectivity index (χ1n) is 10.2. The van der Waals surface area contributed by atoms with Gasteiger partial charge in [0.25, 0.3) is 12.3 Å². The number of carbonyl (C=O) groups excluding carboxylic acids is 2. The van der Waals surface area contributed by atoms with Crippen molar-refractivity contribution in [2.24, 2.45) is 0 Å². The van der Waals surface area contributed by atoms with Crippen molar-refractivity contribution in [1.29, 1.82) is 0 Å². The second-order valence-corrected chi connectivity index (χ2v) is 8.93. The first-order valence-corrected chi connectivity index (χ1v) is 11.3. The average Bonchev–Trinajstić information content (AvgIpc) is 3.40. The highest BCUT2D eigenvalue weighted by molar-refractivity contribution is 7.99. The van der Waals surface area contributed by atoms with Crippen molar-refractivity contribution in [2.45, 2.75) is 31.4 Å². The van der Waals surface area contributed by atoms with Crippen molar-refractivity contribution in [3.05, 3.63) is 36.0 Å². The highest BCUT2D eigenvalue weighted by Gasteiger charge is 2.39. The number of benzene rings is 1. The molecule has 2 aromatic rings. The number of para-hydroxylation sites is 1. The minimum Gasteiger partial charge on any atom is -0.360 e. The number of halogens is 2. The Bertz CT molecular complexity index is 913. The van der Waals surface area contributed by atoms with E-state index < -0.39 is 12.5 Å². The molecular weight excluding hydrogens is 410 g/mol. The van der Waals surface area contributed by atoms with E-state index in [1.165, 1.54) is 0 Å². The van der Waals surface area contributed by atoms with Crippen molar-refractivity contribution in [3.63, 3.8) is 0 Å². The summed E-state index contributed by atoms with van der Waals surface area (Å²) < 4.78 is 25.3. The number of fused-ring (bicyclic) bond motifs is 1. The number of aromatic amines is 1. The number of nitrogens with zero attached hydrogens (tertiary/aromatic N) is 3. The van der Waals surface area contributed by atoms with E-state index in [1.807, 2.05) is 24.3 Å². The maximum Gasteiger partial charge on any atom is 0.257 e. The Balaban J connectivity index is 1.41. The minimum atomic E-state index is -2.35. The number of likely N-dealkylation sites (tertiary alicyclic amines) is 1. The molecule has 2 aliphatic heterocycles. The molecule has 4 rings (SSSR count). The minimum absolute atomic E-state index is 0.0387. The summed E-state index contributed by atoms with van der Waals surface area (Å²) in [5, 5.41) is 0.855. The van der Waals surface area contributed by atoms with Crippen LogP contribution in [0.15, 0.2) is 30.5 Å². The smallest absolute Gasteiger partial charge is 0.257 e. The van der Waals surface area contributed by atoms with Crippen LogP contribution in [0.5, 0.6) is 0 Å². The summed E-state index contributed by atoms with van der Waals surface area (Å²) in [5.41, 5.74) is 1.48. The fourth-order valence-corrected chi connectivity index (χ4v) is 5.50. The number of nitrogens with one attached hydrogen (secondary N) is 1. The lowest BCUT2D eigenvalue weighted by molar-refractivity contribution is -0.136. The molecule has 2 amide bonds. The molecule has 2 saturated heterocycles. The predicted molar refractivity (Wildman–Crippen MR) is 114 cm³/mol. The zero-order valence-electron chi connectivity index (χ0n) is 16.9. The van der Waals surface area contributed by atoms with Gasteiger partial charge < -0.3 is 14.8 Å². The molecular formula is C21H26F2N4O2S. The Labute approximate surface area is 178 Å². The number of piperidine rings is 1. The third kappa shape index (κ3) is 4.18. The van der Waals surface area contributed by atoms with E-state index in [4.69, 9.17) is 0 Å². The monoisotopic (exact) mass is 436 g/mol. The number of aromatic nitrogens is 1. The van der Waals surface area contributed by atoms with Gasteiger partial charge in [0.1, 0.15) is 6.04 Å². The molecule has 1 aromatic carbocycles. The lowest BCUT2D eigenvalue weighted by atomic mass is 10.0. The molecule has 0 spiro atoms. The van der Waals surface area contributed by atoms with Gasteiger partial charge in [-0.1, -0.05) is 18.2 Å². The molecule has 30 heavy (non-hydrogen) atoms. The summed E-state index contributed by atoms with van der Waals surface area (Å²) in [7, 11) is 1.71. The predicted octanol–water partition coefficient (Wildman–Crippen LogP) is 2.87. The number of alkyl halides is 2. The van der Waals surface area contributed by atoms with Crippen LogP contribution in [0.3, 0.4) is 0 Å². The molecule has 0 aliphatic carbocycles. The Hall–Kier alpha value is -2.13. The number of amides is 2. The number of H-pyrrole nitrogens is 1. The summed E-state index contributed by atoms with van der Waals surface area (Å²) in [4.78, 5) is 34.6. The Morgan fingerprint density at radius 2 is 2.00 bits per heavy atom. The topological polar surface area (TPSA) is 59.6 Å². The number of hydrogen-bond acceptors (Lipinski definition) is 4. The number of thioether (sulfide) groups is 1. The highest BCUT2D eigenvalue weighted by Crippen LogP contribution is 2.28. The molecule has 1 aromatic heterocycles. The van der Waals surface area contributed by atoms with Gasteiger partial charge in [-0.3, -0.25) is 14.5 Å². The Morgan fingerprint density at radius 1 is 1.27 bits per heavy atom. The lowest BCUT2D eigenvalue weighted by Crippen LogP contribution is -2.53. The summed E-state index contributed by atoms with van der Waals surface area (Å²) in [5.74, 6) is 0.894. The summed E-state index contributed by atoms with van der Waals surface area (Å²) >= 11 is 1.58. The SMILES string of the molecule is CN(CC(F)F)C1CCN(C(=O)[C@@H]2CSCN2C(=O)c2c[nH]c3ccccc23)CC1. The van der Waals surface area contributed by atoms with Crippen LogP contribution in [-0.4, -0.2) is 88.3 Å². The molecule has 1 N–H and O–H groups in total. The molecule has 0 radical (unpaired) electrons. The Kier molecular flexibility index (Phi) is 6.29. The van der Waals surface area contributed by atoms with Gasteiger partial charge >= 0.3 is 0 Å². The van der Waals surface area contributed by atoms with Gasteiger partial charge in [-0.05, 0) is 26.0 Å². The highest BCUT2D eigenvalue weighted by atomic mass is 32.2. The van der Waals surface area contributed by atoms with Crippen LogP contribution in [-0.2, 0) is 4.79 Å². The summed E-state index contributed by atoms with van der Waals surface area (Å²) in [6.45, 7) is 0.825. The molecule has 2 fully saturated rings. The second kappa shape index (κ2) is 8.93. The Morgan fingerprint density at radius 3 is 2.73 bits per heavy atom. The van der Waals surface area contributed by atoms with Crippen LogP contribution in [0.25, 0.3) is 10.9 Å². The normalized spacial score (nSPS) is 20.6. The van der Waals surface area contributed by atoms with Crippen LogP contribution in [0, 0.1) is 0 Å². The molecule has 3 heterocycles. The van der Waals surface area contributed by atoms with Gasteiger partial charge in [0, 0.05) is 42.0 Å². The van der Waals surface area contributed by atoms with Crippen LogP contribution in [0.1, 0.15) is 23.2 Å². The molecule has 0 saturated carbocycles. The molecule has 2 aliphatic rings. The molecule has 0 bridgehead atoms. The number of rotatable bonds is 5. The average molecular weight is 437 g/mol. The first-order chi connectivity index (χ1) is 14.5. The summed E-state index contributed by atoms with van der Waals surface area (Å²) in [6, 6.07) is 7.20. The van der Waals surface area contributed by atoms with E-state index in [0.29, 0.717) is 43.1 Å². The summed E-state index contributed by atoms with van der Waals surface area (Å²) in [6.07, 6.45) is 0.701. The standard InChI is InChI=1S/C21H26F2N4O2S/c1-25(11-19(22)23)14-6-8-26(9-7-14)21(29)18-12-30-13-27(18)20(28)16-10-24-17-5-3-2-4-15(16)17/h2-5,10,14,18-19,24H,6-9,11-13H2,1H3/t18-/m0/s1. The van der Waals surface area contributed by atoms with E-state index >= 15 is 0 Å². The van der Waals surface area contributed by atoms with Crippen molar-refractivity contribution in [1.82, 2.24) is 19.7 Å². The van der Waals surface area contributed by atoms with Crippen molar-refractivity contribution in [3.8, 4) is 0 Å². The van der Waals surface area contributed by atoms with Gasteiger partial charge in [0.15, 0.2) is 0 Å². The van der Waals surface area contributed by atoms with E-state index in [2.05, 4.69) is 4.98 Å². The first kappa shape index (κ1) is 21.1. The van der Waals surface area contributed by atoms with Crippen LogP contribution in [0.4, 0.5) is 8.78 Å².